The second kappa shape index (κ2) is 11.7. The quantitative estimate of drug-likeness (QED) is 0.148. The fraction of sp³-hybridized carbons (Fsp3) is 0.348. The van der Waals surface area contributed by atoms with Gasteiger partial charge in [0.2, 0.25) is 0 Å². The molecule has 0 spiro atoms. The third-order valence-electron chi connectivity index (χ3n) is 4.38. The maximum absolute atomic E-state index is 11.3. The van der Waals surface area contributed by atoms with Gasteiger partial charge in [-0.3, -0.25) is 4.79 Å². The Morgan fingerprint density at radius 2 is 1.61 bits per heavy atom. The number of aliphatic imine (C=N–C) groups is 1. The fourth-order valence-corrected chi connectivity index (χ4v) is 2.69. The third kappa shape index (κ3) is 6.99. The molecule has 0 atom stereocenters. The maximum atomic E-state index is 11.3. The molecule has 148 valence electrons. The highest BCUT2D eigenvalue weighted by atomic mass is 16.5. The van der Waals surface area contributed by atoms with Crippen LogP contribution in [0.1, 0.15) is 67.4 Å². The molecular weight excluding hydrogens is 352 g/mol. The molecule has 0 unspecified atom stereocenters. The molecule has 0 saturated heterocycles. The number of Topliss-reactive ketones (excluding diaryl/α,β-unsaturated/α-hetero) is 1. The number of oxime groups is 1. The number of unbranched alkanes of at least 4 members (excludes halogenated alkanes) is 4. The summed E-state index contributed by atoms with van der Waals surface area (Å²) in [7, 11) is 0. The molecule has 2 aromatic carbocycles. The number of ether oxygens (including phenoxy) is 1. The lowest BCUT2D eigenvalue weighted by Gasteiger charge is -2.07. The van der Waals surface area contributed by atoms with Crippen LogP contribution in [0.3, 0.4) is 0 Å². The molecule has 0 fully saturated rings. The van der Waals surface area contributed by atoms with Crippen LogP contribution in [0.4, 0.5) is 0 Å². The van der Waals surface area contributed by atoms with Gasteiger partial charge in [0.05, 0.1) is 6.61 Å². The van der Waals surface area contributed by atoms with Crippen molar-refractivity contribution in [1.82, 2.24) is 0 Å². The minimum Gasteiger partial charge on any atom is -0.494 e. The zero-order valence-corrected chi connectivity index (χ0v) is 16.6. The maximum Gasteiger partial charge on any atom is 0.198 e. The second-order valence-electron chi connectivity index (χ2n) is 6.65. The van der Waals surface area contributed by atoms with Crippen molar-refractivity contribution in [2.75, 3.05) is 6.61 Å². The van der Waals surface area contributed by atoms with Gasteiger partial charge >= 0.3 is 0 Å². The molecule has 2 aromatic rings. The van der Waals surface area contributed by atoms with Crippen molar-refractivity contribution < 1.29 is 14.7 Å². The standard InChI is InChI=1S/C23H28N2O3/c1-3-4-5-6-7-16-28-22-14-12-21(13-15-22)23(25-27)24-17-19-8-10-20(11-9-19)18(2)26/h8-15,17,27H,3-7,16H2,1-2H3/b24-17?,25-23-. The zero-order valence-electron chi connectivity index (χ0n) is 16.6. The Morgan fingerprint density at radius 3 is 2.21 bits per heavy atom. The molecule has 0 amide bonds. The Hall–Kier alpha value is -2.95. The Labute approximate surface area is 166 Å². The van der Waals surface area contributed by atoms with Gasteiger partial charge in [-0.25, -0.2) is 4.99 Å². The molecule has 0 bridgehead atoms. The predicted octanol–water partition coefficient (Wildman–Crippen LogP) is 5.49. The van der Waals surface area contributed by atoms with Crippen LogP contribution < -0.4 is 4.74 Å². The molecule has 28 heavy (non-hydrogen) atoms. The summed E-state index contributed by atoms with van der Waals surface area (Å²) >= 11 is 0. The number of hydrogen-bond donors (Lipinski definition) is 1. The van der Waals surface area contributed by atoms with Gasteiger partial charge in [-0.05, 0) is 43.2 Å². The van der Waals surface area contributed by atoms with Crippen LogP contribution in [0, 0.1) is 0 Å². The van der Waals surface area contributed by atoms with Gasteiger partial charge in [-0.15, -0.1) is 0 Å². The first kappa shape index (κ1) is 21.4. The van der Waals surface area contributed by atoms with Crippen molar-refractivity contribution in [2.24, 2.45) is 10.1 Å². The lowest BCUT2D eigenvalue weighted by atomic mass is 10.1. The van der Waals surface area contributed by atoms with Crippen LogP contribution in [-0.2, 0) is 0 Å². The van der Waals surface area contributed by atoms with Gasteiger partial charge in [-0.1, -0.05) is 62.0 Å². The van der Waals surface area contributed by atoms with Crippen LogP contribution in [-0.4, -0.2) is 29.6 Å². The number of ketones is 1. The number of hydrogen-bond acceptors (Lipinski definition) is 4. The second-order valence-corrected chi connectivity index (χ2v) is 6.65. The summed E-state index contributed by atoms with van der Waals surface area (Å²) in [5.41, 5.74) is 2.15. The monoisotopic (exact) mass is 380 g/mol. The summed E-state index contributed by atoms with van der Waals surface area (Å²) in [5, 5.41) is 12.6. The molecule has 0 radical (unpaired) electrons. The summed E-state index contributed by atoms with van der Waals surface area (Å²) in [5.74, 6) is 1.02. The van der Waals surface area contributed by atoms with E-state index in [1.165, 1.54) is 32.6 Å². The van der Waals surface area contributed by atoms with E-state index in [2.05, 4.69) is 17.1 Å². The van der Waals surface area contributed by atoms with Crippen molar-refractivity contribution in [3.63, 3.8) is 0 Å². The number of rotatable bonds is 10. The van der Waals surface area contributed by atoms with E-state index >= 15 is 0 Å². The molecule has 0 aliphatic heterocycles. The molecule has 5 nitrogen and oxygen atoms in total. The van der Waals surface area contributed by atoms with Crippen LogP contribution in [0.25, 0.3) is 0 Å². The normalized spacial score (nSPS) is 11.7. The SMILES string of the molecule is CCCCCCCOc1ccc(/C(N=Cc2ccc(C(C)=O)cc2)=N/O)cc1. The van der Waals surface area contributed by atoms with E-state index < -0.39 is 0 Å². The molecule has 0 aliphatic carbocycles. The Balaban J connectivity index is 1.90. The Kier molecular flexibility index (Phi) is 8.92. The van der Waals surface area contributed by atoms with E-state index in [-0.39, 0.29) is 11.6 Å². The largest absolute Gasteiger partial charge is 0.494 e. The summed E-state index contributed by atoms with van der Waals surface area (Å²) in [6, 6.07) is 14.4. The molecule has 1 N–H and O–H groups in total. The Bertz CT molecular complexity index is 794. The molecule has 0 aliphatic rings. The Morgan fingerprint density at radius 1 is 0.964 bits per heavy atom. The topological polar surface area (TPSA) is 71.2 Å². The molecular formula is C23H28N2O3. The highest BCUT2D eigenvalue weighted by Crippen LogP contribution is 2.14. The van der Waals surface area contributed by atoms with Crippen molar-refractivity contribution >= 4 is 17.8 Å². The smallest absolute Gasteiger partial charge is 0.198 e. The number of carbonyl (C=O) groups is 1. The predicted molar refractivity (Wildman–Crippen MR) is 113 cm³/mol. The van der Waals surface area contributed by atoms with E-state index in [1.54, 1.807) is 30.5 Å². The first-order valence-corrected chi connectivity index (χ1v) is 9.74. The van der Waals surface area contributed by atoms with Gasteiger partial charge in [-0.2, -0.15) is 0 Å². The highest BCUT2D eigenvalue weighted by Gasteiger charge is 2.04. The van der Waals surface area contributed by atoms with E-state index in [0.29, 0.717) is 17.7 Å². The van der Waals surface area contributed by atoms with E-state index in [0.717, 1.165) is 17.7 Å². The molecule has 0 saturated carbocycles. The van der Waals surface area contributed by atoms with Crippen molar-refractivity contribution in [3.05, 3.63) is 65.2 Å². The first-order valence-electron chi connectivity index (χ1n) is 9.74. The summed E-state index contributed by atoms with van der Waals surface area (Å²) in [6.07, 6.45) is 7.61. The zero-order chi connectivity index (χ0) is 20.2. The number of carbonyl (C=O) groups excluding carboxylic acids is 1. The van der Waals surface area contributed by atoms with E-state index in [9.17, 15) is 10.0 Å². The van der Waals surface area contributed by atoms with Crippen LogP contribution in [0.15, 0.2) is 58.7 Å². The third-order valence-corrected chi connectivity index (χ3v) is 4.38. The minimum absolute atomic E-state index is 0.0179. The molecule has 2 rings (SSSR count). The number of benzene rings is 2. The number of amidine groups is 1. The van der Waals surface area contributed by atoms with Gasteiger partial charge in [0.15, 0.2) is 11.6 Å². The average Bonchev–Trinajstić information content (AvgIpc) is 2.72. The van der Waals surface area contributed by atoms with Gasteiger partial charge in [0.1, 0.15) is 5.75 Å². The number of nitrogens with zero attached hydrogens (tertiary/aromatic N) is 2. The summed E-state index contributed by atoms with van der Waals surface area (Å²) < 4.78 is 5.75. The lowest BCUT2D eigenvalue weighted by molar-refractivity contribution is 0.101. The van der Waals surface area contributed by atoms with E-state index in [4.69, 9.17) is 4.74 Å². The van der Waals surface area contributed by atoms with Crippen molar-refractivity contribution in [3.8, 4) is 5.75 Å². The van der Waals surface area contributed by atoms with Crippen LogP contribution in [0.5, 0.6) is 5.75 Å². The fourth-order valence-electron chi connectivity index (χ4n) is 2.69. The van der Waals surface area contributed by atoms with Crippen LogP contribution in [0.2, 0.25) is 0 Å². The van der Waals surface area contributed by atoms with Crippen molar-refractivity contribution in [1.29, 1.82) is 0 Å². The van der Waals surface area contributed by atoms with Gasteiger partial charge in [0.25, 0.3) is 0 Å². The van der Waals surface area contributed by atoms with E-state index in [1.807, 2.05) is 24.3 Å². The van der Waals surface area contributed by atoms with Crippen LogP contribution >= 0.6 is 0 Å². The molecule has 5 heteroatoms. The molecule has 0 heterocycles. The first-order chi connectivity index (χ1) is 13.6. The van der Waals surface area contributed by atoms with Gasteiger partial charge < -0.3 is 9.94 Å². The average molecular weight is 380 g/mol. The summed E-state index contributed by atoms with van der Waals surface area (Å²) in [6.45, 7) is 4.44. The minimum atomic E-state index is 0.0179. The van der Waals surface area contributed by atoms with Crippen molar-refractivity contribution in [2.45, 2.75) is 46.0 Å². The van der Waals surface area contributed by atoms with Gasteiger partial charge in [0, 0.05) is 17.3 Å². The highest BCUT2D eigenvalue weighted by molar-refractivity contribution is 6.05. The summed E-state index contributed by atoms with van der Waals surface area (Å²) in [4.78, 5) is 15.6. The lowest BCUT2D eigenvalue weighted by Crippen LogP contribution is -2.00. The molecule has 0 aromatic heterocycles.